The van der Waals surface area contributed by atoms with Gasteiger partial charge in [0.25, 0.3) is 0 Å². The van der Waals surface area contributed by atoms with Crippen LogP contribution in [0, 0.1) is 0 Å². The maximum absolute atomic E-state index is 12.2. The Labute approximate surface area is 122 Å². The highest BCUT2D eigenvalue weighted by Gasteiger charge is 2.14. The van der Waals surface area contributed by atoms with Crippen molar-refractivity contribution in [2.45, 2.75) is 6.92 Å². The van der Waals surface area contributed by atoms with Crippen LogP contribution in [0.25, 0.3) is 10.8 Å². The first-order valence-electron chi connectivity index (χ1n) is 6.10. The third kappa shape index (κ3) is 2.63. The highest BCUT2D eigenvalue weighted by molar-refractivity contribution is 6.32. The summed E-state index contributed by atoms with van der Waals surface area (Å²) in [6, 6.07) is 9.04. The summed E-state index contributed by atoms with van der Waals surface area (Å²) in [5.74, 6) is 1.19. The Kier molecular flexibility index (Phi) is 4.30. The lowest BCUT2D eigenvalue weighted by atomic mass is 9.99. The van der Waals surface area contributed by atoms with E-state index < -0.39 is 0 Å². The average Bonchev–Trinajstić information content (AvgIpc) is 2.44. The van der Waals surface area contributed by atoms with Crippen molar-refractivity contribution >= 4 is 28.2 Å². The molecule has 20 heavy (non-hydrogen) atoms. The molecule has 4 heteroatoms. The fourth-order valence-electron chi connectivity index (χ4n) is 2.16. The Bertz CT molecular complexity index is 675. The number of hydrogen-bond donors (Lipinski definition) is 0. The van der Waals surface area contributed by atoms with E-state index in [0.717, 1.165) is 10.8 Å². The van der Waals surface area contributed by atoms with E-state index in [1.807, 2.05) is 18.2 Å². The molecule has 0 unspecified atom stereocenters. The fraction of sp³-hybridized carbons (Fsp3) is 0.188. The predicted molar refractivity (Wildman–Crippen MR) is 81.0 cm³/mol. The molecule has 0 saturated carbocycles. The van der Waals surface area contributed by atoms with Gasteiger partial charge in [0.2, 0.25) is 0 Å². The van der Waals surface area contributed by atoms with Crippen molar-refractivity contribution in [2.24, 2.45) is 0 Å². The number of hydrogen-bond acceptors (Lipinski definition) is 3. The maximum atomic E-state index is 12.2. The second kappa shape index (κ2) is 5.97. The lowest BCUT2D eigenvalue weighted by Crippen LogP contribution is -1.99. The second-order valence-corrected chi connectivity index (χ2v) is 4.89. The summed E-state index contributed by atoms with van der Waals surface area (Å²) >= 11 is 5.78. The smallest absolute Gasteiger partial charge is 0.187 e. The minimum absolute atomic E-state index is 0.140. The lowest BCUT2D eigenvalue weighted by Gasteiger charge is -2.12. The van der Waals surface area contributed by atoms with E-state index in [2.05, 4.69) is 0 Å². The number of methoxy groups -OCH3 is 2. The maximum Gasteiger partial charge on any atom is 0.187 e. The molecular formula is C16H15ClO3. The molecule has 0 bridgehead atoms. The summed E-state index contributed by atoms with van der Waals surface area (Å²) in [5.41, 5.74) is 0.569. The summed E-state index contributed by atoms with van der Waals surface area (Å²) in [7, 11) is 3.18. The van der Waals surface area contributed by atoms with Gasteiger partial charge in [-0.05, 0) is 25.1 Å². The van der Waals surface area contributed by atoms with Crippen molar-refractivity contribution in [1.82, 2.24) is 0 Å². The van der Waals surface area contributed by atoms with Gasteiger partial charge in [0.1, 0.15) is 11.5 Å². The van der Waals surface area contributed by atoms with Gasteiger partial charge < -0.3 is 9.47 Å². The number of benzene rings is 2. The molecule has 0 radical (unpaired) electrons. The van der Waals surface area contributed by atoms with E-state index >= 15 is 0 Å². The van der Waals surface area contributed by atoms with Crippen molar-refractivity contribution in [1.29, 1.82) is 0 Å². The van der Waals surface area contributed by atoms with Crippen LogP contribution in [0.2, 0.25) is 0 Å². The van der Waals surface area contributed by atoms with E-state index in [1.54, 1.807) is 33.3 Å². The summed E-state index contributed by atoms with van der Waals surface area (Å²) in [5, 5.41) is 2.01. The first-order chi connectivity index (χ1) is 9.58. The summed E-state index contributed by atoms with van der Waals surface area (Å²) in [6.07, 6.45) is 1.41. The molecule has 0 amide bonds. The molecule has 0 spiro atoms. The number of carbonyl (C=O) groups is 1. The molecule has 0 aliphatic heterocycles. The molecule has 104 valence electrons. The van der Waals surface area contributed by atoms with Gasteiger partial charge in [0.05, 0.1) is 19.6 Å². The van der Waals surface area contributed by atoms with Gasteiger partial charge >= 0.3 is 0 Å². The second-order valence-electron chi connectivity index (χ2n) is 4.29. The first kappa shape index (κ1) is 14.4. The van der Waals surface area contributed by atoms with Gasteiger partial charge in [-0.2, -0.15) is 0 Å². The fourth-order valence-corrected chi connectivity index (χ4v) is 2.25. The minimum Gasteiger partial charge on any atom is -0.496 e. The van der Waals surface area contributed by atoms with Crippen LogP contribution in [0.15, 0.2) is 41.4 Å². The van der Waals surface area contributed by atoms with Gasteiger partial charge in [0, 0.05) is 22.1 Å². The molecule has 0 N–H and O–H groups in total. The molecule has 0 aliphatic carbocycles. The average molecular weight is 291 g/mol. The Morgan fingerprint density at radius 3 is 2.35 bits per heavy atom. The molecule has 3 nitrogen and oxygen atoms in total. The Balaban J connectivity index is 2.76. The Hall–Kier alpha value is -2.00. The largest absolute Gasteiger partial charge is 0.496 e. The molecule has 0 aromatic heterocycles. The molecule has 2 aromatic carbocycles. The van der Waals surface area contributed by atoms with Crippen LogP contribution in [0.5, 0.6) is 11.5 Å². The van der Waals surface area contributed by atoms with Gasteiger partial charge in [-0.3, -0.25) is 4.79 Å². The van der Waals surface area contributed by atoms with E-state index in [-0.39, 0.29) is 5.78 Å². The monoisotopic (exact) mass is 290 g/mol. The molecule has 2 aromatic rings. The van der Waals surface area contributed by atoms with Crippen molar-refractivity contribution in [2.75, 3.05) is 14.2 Å². The molecule has 0 fully saturated rings. The van der Waals surface area contributed by atoms with Gasteiger partial charge in [-0.25, -0.2) is 0 Å². The number of carbonyl (C=O) groups excluding carboxylic acids is 1. The quantitative estimate of drug-likeness (QED) is 0.626. The van der Waals surface area contributed by atoms with E-state index in [4.69, 9.17) is 21.1 Å². The van der Waals surface area contributed by atoms with Crippen LogP contribution in [0.1, 0.15) is 17.3 Å². The third-order valence-electron chi connectivity index (χ3n) is 3.00. The molecule has 0 atom stereocenters. The number of ether oxygens (including phenoxy) is 2. The zero-order chi connectivity index (χ0) is 14.7. The zero-order valence-corrected chi connectivity index (χ0v) is 12.3. The molecule has 2 rings (SSSR count). The van der Waals surface area contributed by atoms with Crippen molar-refractivity contribution < 1.29 is 14.3 Å². The van der Waals surface area contributed by atoms with Crippen LogP contribution in [0.4, 0.5) is 0 Å². The van der Waals surface area contributed by atoms with Crippen molar-refractivity contribution in [3.8, 4) is 11.5 Å². The van der Waals surface area contributed by atoms with Crippen LogP contribution in [0.3, 0.4) is 0 Å². The van der Waals surface area contributed by atoms with Crippen LogP contribution < -0.4 is 9.47 Å². The summed E-state index contributed by atoms with van der Waals surface area (Å²) in [6.45, 7) is 1.67. The lowest BCUT2D eigenvalue weighted by molar-refractivity contribution is 0.104. The predicted octanol–water partition coefficient (Wildman–Crippen LogP) is 4.18. The highest BCUT2D eigenvalue weighted by atomic mass is 35.5. The summed E-state index contributed by atoms with van der Waals surface area (Å²) in [4.78, 5) is 12.2. The van der Waals surface area contributed by atoms with Crippen LogP contribution >= 0.6 is 11.6 Å². The normalized spacial score (nSPS) is 11.5. The molecular weight excluding hydrogens is 276 g/mol. The zero-order valence-electron chi connectivity index (χ0n) is 11.6. The van der Waals surface area contributed by atoms with E-state index in [0.29, 0.717) is 22.1 Å². The number of fused-ring (bicyclic) bond motifs is 1. The van der Waals surface area contributed by atoms with E-state index in [1.165, 1.54) is 6.08 Å². The number of halogens is 1. The number of allylic oxidation sites excluding steroid dienone is 2. The number of ketones is 1. The standard InChI is InChI=1S/C16H15ClO3/c1-10(17)9-13(18)11-7-8-15(20-3)16-12(11)5-4-6-14(16)19-2/h4-9H,1-3H3/b10-9+. The first-order valence-corrected chi connectivity index (χ1v) is 6.48. The Morgan fingerprint density at radius 2 is 1.75 bits per heavy atom. The molecule has 0 aliphatic rings. The molecule has 0 saturated heterocycles. The van der Waals surface area contributed by atoms with Gasteiger partial charge in [0.15, 0.2) is 5.78 Å². The SMILES string of the molecule is COc1cccc2c(C(=O)/C=C(\C)Cl)ccc(OC)c12. The van der Waals surface area contributed by atoms with Crippen LogP contribution in [-0.4, -0.2) is 20.0 Å². The third-order valence-corrected chi connectivity index (χ3v) is 3.11. The van der Waals surface area contributed by atoms with Crippen molar-refractivity contribution in [3.05, 3.63) is 47.0 Å². The Morgan fingerprint density at radius 1 is 1.10 bits per heavy atom. The van der Waals surface area contributed by atoms with Gasteiger partial charge in [-0.15, -0.1) is 0 Å². The minimum atomic E-state index is -0.140. The number of rotatable bonds is 4. The van der Waals surface area contributed by atoms with Crippen molar-refractivity contribution in [3.63, 3.8) is 0 Å². The highest BCUT2D eigenvalue weighted by Crippen LogP contribution is 2.36. The van der Waals surface area contributed by atoms with Gasteiger partial charge in [-0.1, -0.05) is 23.7 Å². The van der Waals surface area contributed by atoms with Crippen LogP contribution in [-0.2, 0) is 0 Å². The topological polar surface area (TPSA) is 35.5 Å². The van der Waals surface area contributed by atoms with E-state index in [9.17, 15) is 4.79 Å². The summed E-state index contributed by atoms with van der Waals surface area (Å²) < 4.78 is 10.7. The molecule has 0 heterocycles.